The fraction of sp³-hybridized carbons (Fsp3) is 0.917. The molecule has 0 amide bonds. The van der Waals surface area contributed by atoms with E-state index >= 15 is 0 Å². The average molecular weight is 197 g/mol. The number of hydrogen-bond donors (Lipinski definition) is 0. The molecule has 2 heteroatoms. The van der Waals surface area contributed by atoms with Gasteiger partial charge in [-0.25, -0.2) is 0 Å². The Hall–Kier alpha value is -0.370. The smallest absolute Gasteiger partial charge is 0.155 e. The van der Waals surface area contributed by atoms with Crippen LogP contribution in [0, 0.1) is 5.41 Å². The first-order chi connectivity index (χ1) is 6.46. The van der Waals surface area contributed by atoms with Gasteiger partial charge in [0.15, 0.2) is 5.78 Å². The van der Waals surface area contributed by atoms with E-state index in [1.807, 2.05) is 20.8 Å². The number of carbonyl (C=O) groups is 1. The maximum atomic E-state index is 12.1. The van der Waals surface area contributed by atoms with Crippen LogP contribution in [-0.2, 0) is 4.79 Å². The summed E-state index contributed by atoms with van der Waals surface area (Å²) in [5.41, 5.74) is -0.180. The second kappa shape index (κ2) is 4.43. The molecule has 14 heavy (non-hydrogen) atoms. The Morgan fingerprint density at radius 2 is 2.07 bits per heavy atom. The summed E-state index contributed by atoms with van der Waals surface area (Å²) in [6.07, 6.45) is 3.40. The van der Waals surface area contributed by atoms with Crippen LogP contribution in [0.3, 0.4) is 0 Å². The van der Waals surface area contributed by atoms with Crippen molar-refractivity contribution >= 4 is 5.78 Å². The van der Waals surface area contributed by atoms with Gasteiger partial charge in [0.05, 0.1) is 6.04 Å². The van der Waals surface area contributed by atoms with Crippen molar-refractivity contribution in [1.82, 2.24) is 4.90 Å². The highest BCUT2D eigenvalue weighted by Gasteiger charge is 2.35. The molecule has 1 fully saturated rings. The second-order valence-electron chi connectivity index (χ2n) is 5.31. The predicted molar refractivity (Wildman–Crippen MR) is 59.3 cm³/mol. The molecular formula is C12H23NO. The Balaban J connectivity index is 2.62. The fourth-order valence-corrected chi connectivity index (χ4v) is 2.18. The molecule has 1 aliphatic heterocycles. The minimum Gasteiger partial charge on any atom is -0.297 e. The second-order valence-corrected chi connectivity index (χ2v) is 5.31. The summed E-state index contributed by atoms with van der Waals surface area (Å²) < 4.78 is 0. The number of carbonyl (C=O) groups excluding carboxylic acids is 1. The molecule has 2 nitrogen and oxygen atoms in total. The third-order valence-corrected chi connectivity index (χ3v) is 2.92. The zero-order valence-corrected chi connectivity index (χ0v) is 9.97. The highest BCUT2D eigenvalue weighted by molar-refractivity contribution is 5.88. The molecule has 1 aliphatic rings. The molecule has 0 aromatic carbocycles. The zero-order valence-electron chi connectivity index (χ0n) is 9.97. The van der Waals surface area contributed by atoms with E-state index in [4.69, 9.17) is 0 Å². The number of hydrogen-bond acceptors (Lipinski definition) is 2. The van der Waals surface area contributed by atoms with Crippen LogP contribution >= 0.6 is 0 Å². The normalized spacial score (nSPS) is 24.1. The van der Waals surface area contributed by atoms with Gasteiger partial charge in [0.2, 0.25) is 0 Å². The van der Waals surface area contributed by atoms with Crippen molar-refractivity contribution in [3.05, 3.63) is 0 Å². The molecule has 0 aliphatic carbocycles. The van der Waals surface area contributed by atoms with E-state index in [0.29, 0.717) is 5.78 Å². The van der Waals surface area contributed by atoms with Crippen LogP contribution < -0.4 is 0 Å². The Kier molecular flexibility index (Phi) is 3.71. The van der Waals surface area contributed by atoms with Gasteiger partial charge < -0.3 is 0 Å². The SMILES string of the molecule is CCCN1CCC[C@@H]1C(=O)C(C)(C)C. The van der Waals surface area contributed by atoms with Crippen molar-refractivity contribution in [3.63, 3.8) is 0 Å². The Labute approximate surface area is 87.7 Å². The van der Waals surface area contributed by atoms with Crippen LogP contribution in [0.1, 0.15) is 47.0 Å². The topological polar surface area (TPSA) is 20.3 Å². The monoisotopic (exact) mass is 197 g/mol. The first kappa shape index (κ1) is 11.7. The number of likely N-dealkylation sites (tertiary alicyclic amines) is 1. The largest absolute Gasteiger partial charge is 0.297 e. The molecule has 0 unspecified atom stereocenters. The van der Waals surface area contributed by atoms with E-state index in [2.05, 4.69) is 11.8 Å². The summed E-state index contributed by atoms with van der Waals surface area (Å²) in [5.74, 6) is 0.420. The van der Waals surface area contributed by atoms with Crippen LogP contribution in [-0.4, -0.2) is 29.8 Å². The predicted octanol–water partition coefficient (Wildman–Crippen LogP) is 2.48. The van der Waals surface area contributed by atoms with Crippen molar-refractivity contribution in [2.75, 3.05) is 13.1 Å². The lowest BCUT2D eigenvalue weighted by molar-refractivity contribution is -0.130. The standard InChI is InChI=1S/C12H23NO/c1-5-8-13-9-6-7-10(13)11(14)12(2,3)4/h10H,5-9H2,1-4H3/t10-/m1/s1. The molecule has 1 heterocycles. The zero-order chi connectivity index (χ0) is 10.8. The van der Waals surface area contributed by atoms with Gasteiger partial charge in [0.1, 0.15) is 0 Å². The van der Waals surface area contributed by atoms with Gasteiger partial charge in [-0.2, -0.15) is 0 Å². The molecule has 1 saturated heterocycles. The van der Waals surface area contributed by atoms with E-state index in [1.165, 1.54) is 6.42 Å². The van der Waals surface area contributed by atoms with Crippen molar-refractivity contribution in [3.8, 4) is 0 Å². The molecule has 0 spiro atoms. The molecule has 0 radical (unpaired) electrons. The van der Waals surface area contributed by atoms with Crippen molar-refractivity contribution < 1.29 is 4.79 Å². The molecule has 0 aromatic rings. The Morgan fingerprint density at radius 3 is 2.57 bits per heavy atom. The van der Waals surface area contributed by atoms with Crippen molar-refractivity contribution in [1.29, 1.82) is 0 Å². The van der Waals surface area contributed by atoms with Crippen molar-refractivity contribution in [2.24, 2.45) is 5.41 Å². The van der Waals surface area contributed by atoms with Crippen LogP contribution in [0.15, 0.2) is 0 Å². The summed E-state index contributed by atoms with van der Waals surface area (Å²) in [4.78, 5) is 14.5. The highest BCUT2D eigenvalue weighted by Crippen LogP contribution is 2.26. The lowest BCUT2D eigenvalue weighted by Crippen LogP contribution is -2.42. The summed E-state index contributed by atoms with van der Waals surface area (Å²) in [6.45, 7) is 10.4. The average Bonchev–Trinajstić information content (AvgIpc) is 2.50. The quantitative estimate of drug-likeness (QED) is 0.692. The van der Waals surface area contributed by atoms with Crippen LogP contribution in [0.5, 0.6) is 0 Å². The van der Waals surface area contributed by atoms with Gasteiger partial charge in [-0.15, -0.1) is 0 Å². The van der Waals surface area contributed by atoms with Crippen LogP contribution in [0.2, 0.25) is 0 Å². The van der Waals surface area contributed by atoms with Gasteiger partial charge in [-0.3, -0.25) is 9.69 Å². The maximum absolute atomic E-state index is 12.1. The number of Topliss-reactive ketones (excluding diaryl/α,β-unsaturated/α-hetero) is 1. The van der Waals surface area contributed by atoms with Gasteiger partial charge in [0, 0.05) is 5.41 Å². The minimum absolute atomic E-state index is 0.180. The van der Waals surface area contributed by atoms with Crippen molar-refractivity contribution in [2.45, 2.75) is 53.0 Å². The molecule has 0 N–H and O–H groups in total. The van der Waals surface area contributed by atoms with E-state index in [1.54, 1.807) is 0 Å². The first-order valence-corrected chi connectivity index (χ1v) is 5.75. The lowest BCUT2D eigenvalue weighted by Gasteiger charge is -2.28. The van der Waals surface area contributed by atoms with E-state index in [0.717, 1.165) is 25.9 Å². The van der Waals surface area contributed by atoms with Gasteiger partial charge in [-0.1, -0.05) is 27.7 Å². The summed E-state index contributed by atoms with van der Waals surface area (Å²) in [5, 5.41) is 0. The summed E-state index contributed by atoms with van der Waals surface area (Å²) in [7, 11) is 0. The number of rotatable bonds is 3. The molecule has 1 atom stereocenters. The summed E-state index contributed by atoms with van der Waals surface area (Å²) >= 11 is 0. The Bertz CT molecular complexity index is 205. The fourth-order valence-electron chi connectivity index (χ4n) is 2.18. The molecule has 0 saturated carbocycles. The highest BCUT2D eigenvalue weighted by atomic mass is 16.1. The maximum Gasteiger partial charge on any atom is 0.155 e. The third-order valence-electron chi connectivity index (χ3n) is 2.92. The van der Waals surface area contributed by atoms with Crippen LogP contribution in [0.4, 0.5) is 0 Å². The third kappa shape index (κ3) is 2.57. The molecule has 82 valence electrons. The summed E-state index contributed by atoms with van der Waals surface area (Å²) in [6, 6.07) is 0.204. The van der Waals surface area contributed by atoms with Gasteiger partial charge in [0.25, 0.3) is 0 Å². The molecule has 0 bridgehead atoms. The van der Waals surface area contributed by atoms with E-state index in [-0.39, 0.29) is 11.5 Å². The Morgan fingerprint density at radius 1 is 1.43 bits per heavy atom. The molecule has 0 aromatic heterocycles. The molecular weight excluding hydrogens is 174 g/mol. The lowest BCUT2D eigenvalue weighted by atomic mass is 9.85. The number of ketones is 1. The van der Waals surface area contributed by atoms with Crippen LogP contribution in [0.25, 0.3) is 0 Å². The number of nitrogens with zero attached hydrogens (tertiary/aromatic N) is 1. The minimum atomic E-state index is -0.180. The molecule has 1 rings (SSSR count). The van der Waals surface area contributed by atoms with Gasteiger partial charge in [-0.05, 0) is 32.4 Å². The van der Waals surface area contributed by atoms with Gasteiger partial charge >= 0.3 is 0 Å². The van der Waals surface area contributed by atoms with E-state index < -0.39 is 0 Å². The first-order valence-electron chi connectivity index (χ1n) is 5.75. The van der Waals surface area contributed by atoms with E-state index in [9.17, 15) is 4.79 Å².